The van der Waals surface area contributed by atoms with Crippen LogP contribution in [0.15, 0.2) is 53.6 Å². The molecule has 26 heavy (non-hydrogen) atoms. The van der Waals surface area contributed by atoms with Crippen molar-refractivity contribution in [3.63, 3.8) is 0 Å². The largest absolute Gasteiger partial charge is 0.488 e. The lowest BCUT2D eigenvalue weighted by molar-refractivity contribution is 0.306. The van der Waals surface area contributed by atoms with Crippen LogP contribution in [0.4, 0.5) is 0 Å². The fourth-order valence-electron chi connectivity index (χ4n) is 2.51. The van der Waals surface area contributed by atoms with E-state index < -0.39 is 0 Å². The van der Waals surface area contributed by atoms with Crippen molar-refractivity contribution in [2.75, 3.05) is 0 Å². The Balaban J connectivity index is 1.78. The summed E-state index contributed by atoms with van der Waals surface area (Å²) in [5, 5.41) is 11.5. The standard InChI is InChI=1S/C20H22N4OS/c1-3-6-19-22-23-20(26)24(19)21-13-17-7-4-5-8-18(17)25-14-16-11-9-15(2)10-12-16/h4-5,7-13H,3,6,14H2,1-2H3,(H,23,26)/b21-13+. The number of nitrogens with one attached hydrogen (secondary N) is 1. The van der Waals surface area contributed by atoms with Crippen LogP contribution in [0.1, 0.15) is 35.9 Å². The van der Waals surface area contributed by atoms with Gasteiger partial charge in [0.15, 0.2) is 5.82 Å². The van der Waals surface area contributed by atoms with Crippen LogP contribution in [0, 0.1) is 11.7 Å². The second-order valence-corrected chi connectivity index (χ2v) is 6.45. The zero-order chi connectivity index (χ0) is 18.4. The van der Waals surface area contributed by atoms with E-state index in [2.05, 4.69) is 53.4 Å². The highest BCUT2D eigenvalue weighted by Gasteiger charge is 2.05. The Hall–Kier alpha value is -2.73. The molecule has 1 heterocycles. The molecule has 3 rings (SSSR count). The summed E-state index contributed by atoms with van der Waals surface area (Å²) in [7, 11) is 0. The van der Waals surface area contributed by atoms with Crippen molar-refractivity contribution in [1.82, 2.24) is 14.9 Å². The summed E-state index contributed by atoms with van der Waals surface area (Å²) in [5.41, 5.74) is 3.26. The van der Waals surface area contributed by atoms with E-state index in [0.29, 0.717) is 11.4 Å². The van der Waals surface area contributed by atoms with Gasteiger partial charge in [-0.25, -0.2) is 0 Å². The molecule has 2 aromatic carbocycles. The summed E-state index contributed by atoms with van der Waals surface area (Å²) in [6, 6.07) is 16.1. The molecule has 0 unspecified atom stereocenters. The molecule has 3 aromatic rings. The fraction of sp³-hybridized carbons (Fsp3) is 0.250. The molecule has 0 aliphatic heterocycles. The number of hydrogen-bond acceptors (Lipinski definition) is 4. The van der Waals surface area contributed by atoms with Crippen LogP contribution < -0.4 is 4.74 Å². The van der Waals surface area contributed by atoms with E-state index in [1.54, 1.807) is 10.9 Å². The Labute approximate surface area is 158 Å². The van der Waals surface area contributed by atoms with Gasteiger partial charge in [-0.05, 0) is 43.3 Å². The van der Waals surface area contributed by atoms with Crippen LogP contribution in [-0.2, 0) is 13.0 Å². The number of aromatic nitrogens is 3. The molecule has 0 saturated carbocycles. The minimum Gasteiger partial charge on any atom is -0.488 e. The lowest BCUT2D eigenvalue weighted by Crippen LogP contribution is -2.01. The van der Waals surface area contributed by atoms with Crippen LogP contribution in [0.5, 0.6) is 5.75 Å². The first-order chi connectivity index (χ1) is 12.7. The van der Waals surface area contributed by atoms with Crippen LogP contribution in [-0.4, -0.2) is 21.1 Å². The van der Waals surface area contributed by atoms with Gasteiger partial charge in [0, 0.05) is 12.0 Å². The molecule has 0 aliphatic rings. The van der Waals surface area contributed by atoms with E-state index in [9.17, 15) is 0 Å². The van der Waals surface area contributed by atoms with Gasteiger partial charge in [0.2, 0.25) is 4.77 Å². The predicted octanol–water partition coefficient (Wildman–Crippen LogP) is 4.66. The number of aromatic amines is 1. The molecule has 0 aliphatic carbocycles. The summed E-state index contributed by atoms with van der Waals surface area (Å²) in [6.07, 6.45) is 3.55. The molecule has 0 bridgehead atoms. The maximum atomic E-state index is 5.99. The van der Waals surface area contributed by atoms with E-state index in [-0.39, 0.29) is 0 Å². The van der Waals surface area contributed by atoms with Crippen LogP contribution in [0.2, 0.25) is 0 Å². The smallest absolute Gasteiger partial charge is 0.216 e. The monoisotopic (exact) mass is 366 g/mol. The number of rotatable bonds is 7. The highest BCUT2D eigenvalue weighted by Crippen LogP contribution is 2.18. The van der Waals surface area contributed by atoms with Gasteiger partial charge in [-0.15, -0.1) is 0 Å². The highest BCUT2D eigenvalue weighted by atomic mass is 32.1. The van der Waals surface area contributed by atoms with E-state index in [1.807, 2.05) is 24.3 Å². The van der Waals surface area contributed by atoms with Crippen LogP contribution >= 0.6 is 12.2 Å². The maximum absolute atomic E-state index is 5.99. The maximum Gasteiger partial charge on any atom is 0.216 e. The van der Waals surface area contributed by atoms with E-state index in [4.69, 9.17) is 17.0 Å². The number of para-hydroxylation sites is 1. The molecule has 134 valence electrons. The van der Waals surface area contributed by atoms with E-state index in [1.165, 1.54) is 5.56 Å². The summed E-state index contributed by atoms with van der Waals surface area (Å²) in [6.45, 7) is 4.68. The average molecular weight is 366 g/mol. The van der Waals surface area contributed by atoms with Gasteiger partial charge < -0.3 is 4.74 Å². The van der Waals surface area contributed by atoms with Crippen LogP contribution in [0.3, 0.4) is 0 Å². The summed E-state index contributed by atoms with van der Waals surface area (Å²) in [4.78, 5) is 0. The van der Waals surface area contributed by atoms with Gasteiger partial charge in [-0.3, -0.25) is 5.10 Å². The molecule has 0 radical (unpaired) electrons. The van der Waals surface area contributed by atoms with Gasteiger partial charge in [0.25, 0.3) is 0 Å². The molecule has 5 nitrogen and oxygen atoms in total. The first-order valence-electron chi connectivity index (χ1n) is 8.65. The number of nitrogens with zero attached hydrogens (tertiary/aromatic N) is 3. The zero-order valence-corrected chi connectivity index (χ0v) is 15.8. The molecule has 0 amide bonds. The third-order valence-electron chi connectivity index (χ3n) is 3.94. The highest BCUT2D eigenvalue weighted by molar-refractivity contribution is 7.71. The third kappa shape index (κ3) is 4.46. The minimum atomic E-state index is 0.489. The van der Waals surface area contributed by atoms with Crippen molar-refractivity contribution in [2.45, 2.75) is 33.3 Å². The number of hydrogen-bond donors (Lipinski definition) is 1. The number of benzene rings is 2. The lowest BCUT2D eigenvalue weighted by Gasteiger charge is -2.09. The Morgan fingerprint density at radius 2 is 1.96 bits per heavy atom. The Morgan fingerprint density at radius 1 is 1.19 bits per heavy atom. The minimum absolute atomic E-state index is 0.489. The Morgan fingerprint density at radius 3 is 2.73 bits per heavy atom. The first kappa shape index (κ1) is 18.1. The van der Waals surface area contributed by atoms with Crippen molar-refractivity contribution in [3.05, 3.63) is 75.8 Å². The second-order valence-electron chi connectivity index (χ2n) is 6.06. The molecule has 1 aromatic heterocycles. The molecule has 0 fully saturated rings. The molecule has 6 heteroatoms. The first-order valence-corrected chi connectivity index (χ1v) is 9.06. The normalized spacial score (nSPS) is 11.2. The molecular formula is C20H22N4OS. The van der Waals surface area contributed by atoms with Crippen molar-refractivity contribution in [2.24, 2.45) is 5.10 Å². The van der Waals surface area contributed by atoms with Crippen molar-refractivity contribution in [3.8, 4) is 5.75 Å². The molecular weight excluding hydrogens is 344 g/mol. The van der Waals surface area contributed by atoms with Gasteiger partial charge >= 0.3 is 0 Å². The summed E-state index contributed by atoms with van der Waals surface area (Å²) < 4.78 is 8.14. The molecule has 0 spiro atoms. The average Bonchev–Trinajstić information content (AvgIpc) is 3.00. The lowest BCUT2D eigenvalue weighted by atomic mass is 10.1. The quantitative estimate of drug-likeness (QED) is 0.489. The van der Waals surface area contributed by atoms with Crippen molar-refractivity contribution >= 4 is 18.4 Å². The van der Waals surface area contributed by atoms with Gasteiger partial charge in [-0.1, -0.05) is 48.9 Å². The predicted molar refractivity (Wildman–Crippen MR) is 106 cm³/mol. The summed E-state index contributed by atoms with van der Waals surface area (Å²) in [5.74, 6) is 1.61. The van der Waals surface area contributed by atoms with Gasteiger partial charge in [0.1, 0.15) is 12.4 Å². The topological polar surface area (TPSA) is 55.2 Å². The number of ether oxygens (including phenoxy) is 1. The van der Waals surface area contributed by atoms with E-state index >= 15 is 0 Å². The zero-order valence-electron chi connectivity index (χ0n) is 15.0. The Bertz CT molecular complexity index is 941. The Kier molecular flexibility index (Phi) is 5.96. The van der Waals surface area contributed by atoms with E-state index in [0.717, 1.165) is 35.5 Å². The van der Waals surface area contributed by atoms with Gasteiger partial charge in [0.05, 0.1) is 6.21 Å². The SMILES string of the molecule is CCCc1n[nH]c(=S)n1/N=C/c1ccccc1OCc1ccc(C)cc1. The fourth-order valence-corrected chi connectivity index (χ4v) is 2.71. The third-order valence-corrected chi connectivity index (χ3v) is 4.20. The number of aryl methyl sites for hydroxylation is 2. The van der Waals surface area contributed by atoms with Crippen molar-refractivity contribution in [1.29, 1.82) is 0 Å². The molecule has 0 atom stereocenters. The molecule has 1 N–H and O–H groups in total. The second kappa shape index (κ2) is 8.58. The molecule has 0 saturated heterocycles. The van der Waals surface area contributed by atoms with Crippen LogP contribution in [0.25, 0.3) is 0 Å². The number of H-pyrrole nitrogens is 1. The van der Waals surface area contributed by atoms with Gasteiger partial charge in [-0.2, -0.15) is 14.9 Å². The van der Waals surface area contributed by atoms with Crippen molar-refractivity contribution < 1.29 is 4.74 Å². The summed E-state index contributed by atoms with van der Waals surface area (Å²) >= 11 is 5.26.